The number of nitrogens with one attached hydrogen (secondary N) is 3. The van der Waals surface area contributed by atoms with E-state index in [0.29, 0.717) is 23.1 Å². The number of hydrogen-bond donors (Lipinski definition) is 3. The summed E-state index contributed by atoms with van der Waals surface area (Å²) in [5.74, 6) is -0.658. The Morgan fingerprint density at radius 2 is 2.19 bits per heavy atom. The number of hydrogen-bond acceptors (Lipinski definition) is 4. The van der Waals surface area contributed by atoms with Gasteiger partial charge in [-0.05, 0) is 24.7 Å². The molecule has 114 valence electrons. The number of anilines is 1. The normalized spacial score (nSPS) is 11.6. The van der Waals surface area contributed by atoms with Gasteiger partial charge in [0, 0.05) is 16.6 Å². The molecule has 0 spiro atoms. The number of aromatic nitrogens is 2. The van der Waals surface area contributed by atoms with Gasteiger partial charge >= 0.3 is 0 Å². The monoisotopic (exact) mass is 376 g/mol. The van der Waals surface area contributed by atoms with Crippen LogP contribution in [-0.4, -0.2) is 25.2 Å². The van der Waals surface area contributed by atoms with Gasteiger partial charge in [-0.15, -0.1) is 0 Å². The minimum atomic E-state index is -3.94. The van der Waals surface area contributed by atoms with Crippen LogP contribution in [0.5, 0.6) is 0 Å². The Morgan fingerprint density at radius 1 is 1.43 bits per heavy atom. The first-order valence-electron chi connectivity index (χ1n) is 6.15. The molecule has 0 saturated carbocycles. The average molecular weight is 377 g/mol. The summed E-state index contributed by atoms with van der Waals surface area (Å²) >= 11 is 3.17. The van der Waals surface area contributed by atoms with Crippen molar-refractivity contribution in [2.75, 3.05) is 11.3 Å². The van der Waals surface area contributed by atoms with Gasteiger partial charge in [0.2, 0.25) is 0 Å². The van der Waals surface area contributed by atoms with Gasteiger partial charge in [0.15, 0.2) is 5.03 Å². The summed E-state index contributed by atoms with van der Waals surface area (Å²) < 4.78 is 41.1. The van der Waals surface area contributed by atoms with Gasteiger partial charge in [-0.2, -0.15) is 13.5 Å². The summed E-state index contributed by atoms with van der Waals surface area (Å²) in [6.45, 7) is 2.95. The number of H-pyrrole nitrogens is 1. The van der Waals surface area contributed by atoms with Crippen LogP contribution in [0.3, 0.4) is 0 Å². The van der Waals surface area contributed by atoms with Crippen molar-refractivity contribution in [1.82, 2.24) is 15.5 Å². The summed E-state index contributed by atoms with van der Waals surface area (Å²) in [4.78, 5) is 0. The molecular weight excluding hydrogens is 363 g/mol. The van der Waals surface area contributed by atoms with Crippen LogP contribution in [0.2, 0.25) is 0 Å². The third-order valence-corrected chi connectivity index (χ3v) is 4.56. The topological polar surface area (TPSA) is 86.9 Å². The van der Waals surface area contributed by atoms with E-state index >= 15 is 0 Å². The van der Waals surface area contributed by atoms with Crippen molar-refractivity contribution in [2.24, 2.45) is 0 Å². The van der Waals surface area contributed by atoms with E-state index in [4.69, 9.17) is 0 Å². The molecule has 6 nitrogen and oxygen atoms in total. The number of halogens is 2. The van der Waals surface area contributed by atoms with Gasteiger partial charge in [0.05, 0.1) is 11.9 Å². The molecule has 0 aliphatic heterocycles. The number of nitrogens with zero attached hydrogens (tertiary/aromatic N) is 1. The first kappa shape index (κ1) is 15.9. The molecule has 0 radical (unpaired) electrons. The molecule has 0 saturated heterocycles. The summed E-state index contributed by atoms with van der Waals surface area (Å²) in [6.07, 6.45) is 1.43. The van der Waals surface area contributed by atoms with E-state index < -0.39 is 15.8 Å². The van der Waals surface area contributed by atoms with Gasteiger partial charge in [0.25, 0.3) is 10.0 Å². The van der Waals surface area contributed by atoms with Gasteiger partial charge < -0.3 is 5.32 Å². The van der Waals surface area contributed by atoms with Crippen LogP contribution < -0.4 is 10.0 Å². The molecule has 0 unspecified atom stereocenters. The Morgan fingerprint density at radius 3 is 2.90 bits per heavy atom. The Kier molecular flexibility index (Phi) is 4.96. The second-order valence-electron chi connectivity index (χ2n) is 4.23. The number of sulfonamides is 1. The van der Waals surface area contributed by atoms with E-state index in [0.717, 1.165) is 0 Å². The maximum Gasteiger partial charge on any atom is 0.279 e. The Labute approximate surface area is 130 Å². The van der Waals surface area contributed by atoms with Crippen LogP contribution in [0, 0.1) is 5.82 Å². The molecule has 0 fully saturated rings. The van der Waals surface area contributed by atoms with E-state index in [9.17, 15) is 12.8 Å². The summed E-state index contributed by atoms with van der Waals surface area (Å²) in [5.41, 5.74) is 0.355. The third kappa shape index (κ3) is 3.80. The van der Waals surface area contributed by atoms with Crippen molar-refractivity contribution < 1.29 is 12.8 Å². The standard InChI is InChI=1S/C12H14BrFN4O2S/c1-2-15-6-8-7-16-17-12(8)21(19,20)18-11-5-9(13)3-4-10(11)14/h3-5,7,15,18H,2,6H2,1H3,(H,16,17). The van der Waals surface area contributed by atoms with Gasteiger partial charge in [-0.3, -0.25) is 9.82 Å². The minimum absolute atomic E-state index is 0.0807. The van der Waals surface area contributed by atoms with Crippen LogP contribution in [-0.2, 0) is 16.6 Å². The van der Waals surface area contributed by atoms with Crippen molar-refractivity contribution in [3.8, 4) is 0 Å². The Balaban J connectivity index is 2.30. The maximum absolute atomic E-state index is 13.7. The van der Waals surface area contributed by atoms with Gasteiger partial charge in [-0.1, -0.05) is 22.9 Å². The molecular formula is C12H14BrFN4O2S. The first-order chi connectivity index (χ1) is 9.94. The molecule has 0 amide bonds. The molecule has 1 aromatic carbocycles. The predicted molar refractivity (Wildman–Crippen MR) is 80.9 cm³/mol. The zero-order chi connectivity index (χ0) is 15.5. The molecule has 3 N–H and O–H groups in total. The van der Waals surface area contributed by atoms with Crippen LogP contribution in [0.4, 0.5) is 10.1 Å². The fourth-order valence-electron chi connectivity index (χ4n) is 1.69. The fourth-order valence-corrected chi connectivity index (χ4v) is 3.24. The molecule has 21 heavy (non-hydrogen) atoms. The highest BCUT2D eigenvalue weighted by Gasteiger charge is 2.22. The van der Waals surface area contributed by atoms with Crippen molar-refractivity contribution >= 4 is 31.6 Å². The molecule has 1 heterocycles. The lowest BCUT2D eigenvalue weighted by molar-refractivity contribution is 0.592. The molecule has 1 aromatic heterocycles. The predicted octanol–water partition coefficient (Wildman–Crippen LogP) is 2.22. The highest BCUT2D eigenvalue weighted by molar-refractivity contribution is 9.10. The third-order valence-electron chi connectivity index (χ3n) is 2.69. The number of aromatic amines is 1. The first-order valence-corrected chi connectivity index (χ1v) is 8.42. The number of rotatable bonds is 6. The molecule has 0 aliphatic rings. The lowest BCUT2D eigenvalue weighted by Gasteiger charge is -2.09. The SMILES string of the molecule is CCNCc1cn[nH]c1S(=O)(=O)Nc1cc(Br)ccc1F. The molecule has 0 bridgehead atoms. The van der Waals surface area contributed by atoms with Crippen LogP contribution >= 0.6 is 15.9 Å². The van der Waals surface area contributed by atoms with Crippen molar-refractivity contribution in [2.45, 2.75) is 18.5 Å². The molecule has 2 aromatic rings. The van der Waals surface area contributed by atoms with Crippen molar-refractivity contribution in [3.63, 3.8) is 0 Å². The molecule has 0 atom stereocenters. The van der Waals surface area contributed by atoms with Gasteiger partial charge in [0.1, 0.15) is 5.82 Å². The highest BCUT2D eigenvalue weighted by Crippen LogP contribution is 2.23. The molecule has 2 rings (SSSR count). The van der Waals surface area contributed by atoms with Crippen LogP contribution in [0.25, 0.3) is 0 Å². The number of benzene rings is 1. The summed E-state index contributed by atoms with van der Waals surface area (Å²) in [6, 6.07) is 4.02. The summed E-state index contributed by atoms with van der Waals surface area (Å²) in [7, 11) is -3.94. The second kappa shape index (κ2) is 6.54. The summed E-state index contributed by atoms with van der Waals surface area (Å²) in [5, 5.41) is 9.10. The van der Waals surface area contributed by atoms with Crippen molar-refractivity contribution in [3.05, 3.63) is 40.2 Å². The smallest absolute Gasteiger partial charge is 0.279 e. The zero-order valence-corrected chi connectivity index (χ0v) is 13.6. The van der Waals surface area contributed by atoms with Crippen molar-refractivity contribution in [1.29, 1.82) is 0 Å². The Bertz CT molecular complexity index is 733. The fraction of sp³-hybridized carbons (Fsp3) is 0.250. The highest BCUT2D eigenvalue weighted by atomic mass is 79.9. The van der Waals surface area contributed by atoms with Gasteiger partial charge in [-0.25, -0.2) is 4.39 Å². The van der Waals surface area contributed by atoms with E-state index in [1.807, 2.05) is 6.92 Å². The van der Waals surface area contributed by atoms with E-state index in [2.05, 4.69) is 36.2 Å². The lowest BCUT2D eigenvalue weighted by atomic mass is 10.3. The van der Waals surface area contributed by atoms with Crippen LogP contribution in [0.1, 0.15) is 12.5 Å². The van der Waals surface area contributed by atoms with Crippen LogP contribution in [0.15, 0.2) is 33.9 Å². The minimum Gasteiger partial charge on any atom is -0.313 e. The second-order valence-corrected chi connectivity index (χ2v) is 6.77. The average Bonchev–Trinajstić information content (AvgIpc) is 2.89. The quantitative estimate of drug-likeness (QED) is 0.721. The van der Waals surface area contributed by atoms with E-state index in [1.54, 1.807) is 0 Å². The van der Waals surface area contributed by atoms with E-state index in [1.165, 1.54) is 24.4 Å². The van der Waals surface area contributed by atoms with E-state index in [-0.39, 0.29) is 10.7 Å². The molecule has 9 heteroatoms. The molecule has 0 aliphatic carbocycles. The lowest BCUT2D eigenvalue weighted by Crippen LogP contribution is -2.19. The largest absolute Gasteiger partial charge is 0.313 e. The Hall–Kier alpha value is -1.45. The zero-order valence-electron chi connectivity index (χ0n) is 11.2. The maximum atomic E-state index is 13.7.